The van der Waals surface area contributed by atoms with Gasteiger partial charge in [0.25, 0.3) is 0 Å². The number of pyridine rings is 1. The molecule has 0 aliphatic rings. The lowest BCUT2D eigenvalue weighted by atomic mass is 10.0. The van der Waals surface area contributed by atoms with Gasteiger partial charge in [0, 0.05) is 12.7 Å². The Balaban J connectivity index is 2.64. The van der Waals surface area contributed by atoms with E-state index < -0.39 is 5.60 Å². The van der Waals surface area contributed by atoms with Gasteiger partial charge in [0.2, 0.25) is 0 Å². The Labute approximate surface area is 96.9 Å². The van der Waals surface area contributed by atoms with Gasteiger partial charge in [-0.3, -0.25) is 0 Å². The summed E-state index contributed by atoms with van der Waals surface area (Å²) in [6.07, 6.45) is 3.42. The highest BCUT2D eigenvalue weighted by Crippen LogP contribution is 2.20. The maximum absolute atomic E-state index is 10.0. The predicted molar refractivity (Wildman–Crippen MR) is 67.4 cm³/mol. The molecule has 1 atom stereocenters. The van der Waals surface area contributed by atoms with Crippen LogP contribution in [-0.2, 0) is 0 Å². The van der Waals surface area contributed by atoms with Crippen molar-refractivity contribution in [1.29, 1.82) is 0 Å². The van der Waals surface area contributed by atoms with Crippen molar-refractivity contribution in [3.8, 4) is 0 Å². The van der Waals surface area contributed by atoms with E-state index in [1.165, 1.54) is 0 Å². The van der Waals surface area contributed by atoms with Crippen molar-refractivity contribution in [1.82, 2.24) is 4.98 Å². The van der Waals surface area contributed by atoms with Gasteiger partial charge in [0.05, 0.1) is 11.3 Å². The van der Waals surface area contributed by atoms with Gasteiger partial charge < -0.3 is 16.2 Å². The number of anilines is 2. The third-order valence-electron chi connectivity index (χ3n) is 2.63. The number of hydrogen-bond donors (Lipinski definition) is 3. The zero-order chi connectivity index (χ0) is 12.2. The van der Waals surface area contributed by atoms with E-state index in [1.54, 1.807) is 6.20 Å². The standard InChI is InChI=1S/C12H21N3O/c1-4-6-12(3,16)8-15-11-10(13)9(2)5-7-14-11/h5,7,16H,4,6,8,13H2,1-3H3,(H,14,15). The van der Waals surface area contributed by atoms with Gasteiger partial charge in [-0.1, -0.05) is 13.3 Å². The number of aromatic nitrogens is 1. The minimum absolute atomic E-state index is 0.460. The third-order valence-corrected chi connectivity index (χ3v) is 2.63. The van der Waals surface area contributed by atoms with Gasteiger partial charge >= 0.3 is 0 Å². The van der Waals surface area contributed by atoms with Crippen LogP contribution in [0, 0.1) is 6.92 Å². The van der Waals surface area contributed by atoms with E-state index in [0.717, 1.165) is 18.4 Å². The van der Waals surface area contributed by atoms with E-state index in [2.05, 4.69) is 10.3 Å². The monoisotopic (exact) mass is 223 g/mol. The summed E-state index contributed by atoms with van der Waals surface area (Å²) in [5.74, 6) is 0.649. The zero-order valence-corrected chi connectivity index (χ0v) is 10.2. The van der Waals surface area contributed by atoms with Gasteiger partial charge in [0.15, 0.2) is 0 Å². The number of nitrogen functional groups attached to an aromatic ring is 1. The minimum atomic E-state index is -0.716. The number of aliphatic hydroxyl groups is 1. The van der Waals surface area contributed by atoms with Crippen LogP contribution in [0.15, 0.2) is 12.3 Å². The molecule has 4 nitrogen and oxygen atoms in total. The van der Waals surface area contributed by atoms with Crippen molar-refractivity contribution >= 4 is 11.5 Å². The second-order valence-electron chi connectivity index (χ2n) is 4.49. The summed E-state index contributed by atoms with van der Waals surface area (Å²) >= 11 is 0. The first kappa shape index (κ1) is 12.8. The Morgan fingerprint density at radius 3 is 2.88 bits per heavy atom. The molecule has 16 heavy (non-hydrogen) atoms. The van der Waals surface area contributed by atoms with Gasteiger partial charge in [-0.05, 0) is 31.9 Å². The van der Waals surface area contributed by atoms with Crippen LogP contribution in [0.2, 0.25) is 0 Å². The molecule has 4 heteroatoms. The summed E-state index contributed by atoms with van der Waals surface area (Å²) in [5.41, 5.74) is 6.80. The van der Waals surface area contributed by atoms with Gasteiger partial charge in [-0.2, -0.15) is 0 Å². The van der Waals surface area contributed by atoms with E-state index in [4.69, 9.17) is 5.73 Å². The van der Waals surface area contributed by atoms with Crippen molar-refractivity contribution in [2.24, 2.45) is 0 Å². The number of aryl methyl sites for hydroxylation is 1. The summed E-state index contributed by atoms with van der Waals surface area (Å²) in [6, 6.07) is 1.87. The quantitative estimate of drug-likeness (QED) is 0.713. The summed E-state index contributed by atoms with van der Waals surface area (Å²) in [6.45, 7) is 6.26. The summed E-state index contributed by atoms with van der Waals surface area (Å²) < 4.78 is 0. The molecular formula is C12H21N3O. The Bertz CT molecular complexity index is 350. The van der Waals surface area contributed by atoms with Crippen molar-refractivity contribution in [2.75, 3.05) is 17.6 Å². The van der Waals surface area contributed by atoms with Gasteiger partial charge in [-0.15, -0.1) is 0 Å². The number of nitrogens with two attached hydrogens (primary N) is 1. The predicted octanol–water partition coefficient (Wildman–Crippen LogP) is 1.94. The molecule has 0 radical (unpaired) electrons. The fourth-order valence-corrected chi connectivity index (χ4v) is 1.61. The van der Waals surface area contributed by atoms with Crippen LogP contribution in [0.5, 0.6) is 0 Å². The Hall–Kier alpha value is -1.29. The first-order valence-electron chi connectivity index (χ1n) is 5.63. The molecule has 1 aromatic heterocycles. The van der Waals surface area contributed by atoms with Crippen molar-refractivity contribution < 1.29 is 5.11 Å². The molecule has 0 saturated carbocycles. The highest BCUT2D eigenvalue weighted by Gasteiger charge is 2.19. The molecule has 0 saturated heterocycles. The molecule has 0 aliphatic heterocycles. The highest BCUT2D eigenvalue weighted by molar-refractivity contribution is 5.64. The zero-order valence-electron chi connectivity index (χ0n) is 10.2. The fraction of sp³-hybridized carbons (Fsp3) is 0.583. The van der Waals surface area contributed by atoms with Crippen LogP contribution in [0.25, 0.3) is 0 Å². The van der Waals surface area contributed by atoms with Crippen molar-refractivity contribution in [3.05, 3.63) is 17.8 Å². The van der Waals surface area contributed by atoms with E-state index in [1.807, 2.05) is 26.8 Å². The number of nitrogens with one attached hydrogen (secondary N) is 1. The first-order chi connectivity index (χ1) is 7.46. The molecule has 1 aromatic rings. The number of rotatable bonds is 5. The first-order valence-corrected chi connectivity index (χ1v) is 5.63. The molecular weight excluding hydrogens is 202 g/mol. The minimum Gasteiger partial charge on any atom is -0.396 e. The van der Waals surface area contributed by atoms with E-state index in [0.29, 0.717) is 18.1 Å². The van der Waals surface area contributed by atoms with Gasteiger partial charge in [0.1, 0.15) is 5.82 Å². The molecule has 4 N–H and O–H groups in total. The maximum atomic E-state index is 10.0. The summed E-state index contributed by atoms with van der Waals surface area (Å²) in [7, 11) is 0. The second-order valence-corrected chi connectivity index (χ2v) is 4.49. The molecule has 0 fully saturated rings. The van der Waals surface area contributed by atoms with Crippen LogP contribution in [0.3, 0.4) is 0 Å². The van der Waals surface area contributed by atoms with Crippen LogP contribution in [0.4, 0.5) is 11.5 Å². The molecule has 1 heterocycles. The van der Waals surface area contributed by atoms with Crippen LogP contribution in [-0.4, -0.2) is 22.2 Å². The van der Waals surface area contributed by atoms with Crippen LogP contribution in [0.1, 0.15) is 32.3 Å². The summed E-state index contributed by atoms with van der Waals surface area (Å²) in [5, 5.41) is 13.1. The smallest absolute Gasteiger partial charge is 0.149 e. The highest BCUT2D eigenvalue weighted by atomic mass is 16.3. The Morgan fingerprint density at radius 1 is 1.56 bits per heavy atom. The van der Waals surface area contributed by atoms with E-state index in [-0.39, 0.29) is 0 Å². The average molecular weight is 223 g/mol. The number of nitrogens with zero attached hydrogens (tertiary/aromatic N) is 1. The van der Waals surface area contributed by atoms with E-state index >= 15 is 0 Å². The molecule has 1 rings (SSSR count). The second kappa shape index (κ2) is 5.16. The fourth-order valence-electron chi connectivity index (χ4n) is 1.61. The molecule has 90 valence electrons. The van der Waals surface area contributed by atoms with Crippen molar-refractivity contribution in [2.45, 2.75) is 39.2 Å². The maximum Gasteiger partial charge on any atom is 0.149 e. The topological polar surface area (TPSA) is 71.2 Å². The normalized spacial score (nSPS) is 14.5. The Morgan fingerprint density at radius 2 is 2.25 bits per heavy atom. The molecule has 0 aromatic carbocycles. The lowest BCUT2D eigenvalue weighted by Gasteiger charge is -2.23. The van der Waals surface area contributed by atoms with Gasteiger partial charge in [-0.25, -0.2) is 4.98 Å². The lowest BCUT2D eigenvalue weighted by molar-refractivity contribution is 0.0636. The lowest BCUT2D eigenvalue weighted by Crippen LogP contribution is -2.33. The summed E-state index contributed by atoms with van der Waals surface area (Å²) in [4.78, 5) is 4.16. The van der Waals surface area contributed by atoms with Crippen LogP contribution >= 0.6 is 0 Å². The van der Waals surface area contributed by atoms with E-state index in [9.17, 15) is 5.11 Å². The molecule has 0 amide bonds. The molecule has 0 spiro atoms. The molecule has 0 bridgehead atoms. The largest absolute Gasteiger partial charge is 0.396 e. The number of hydrogen-bond acceptors (Lipinski definition) is 4. The molecule has 1 unspecified atom stereocenters. The van der Waals surface area contributed by atoms with Crippen molar-refractivity contribution in [3.63, 3.8) is 0 Å². The average Bonchev–Trinajstić information content (AvgIpc) is 2.20. The Kier molecular flexibility index (Phi) is 4.12. The van der Waals surface area contributed by atoms with Crippen LogP contribution < -0.4 is 11.1 Å². The SMILES string of the molecule is CCCC(C)(O)CNc1nccc(C)c1N. The third kappa shape index (κ3) is 3.38. The molecule has 0 aliphatic carbocycles.